The van der Waals surface area contributed by atoms with E-state index in [0.29, 0.717) is 5.56 Å². The predicted molar refractivity (Wildman–Crippen MR) is 59.4 cm³/mol. The third-order valence-corrected chi connectivity index (χ3v) is 2.94. The molecule has 0 spiro atoms. The summed E-state index contributed by atoms with van der Waals surface area (Å²) in [6, 6.07) is 13.5. The van der Waals surface area contributed by atoms with Crippen LogP contribution < -0.4 is 0 Å². The van der Waals surface area contributed by atoms with E-state index in [-0.39, 0.29) is 0 Å². The zero-order valence-electron chi connectivity index (χ0n) is 8.01. The van der Waals surface area contributed by atoms with Crippen LogP contribution in [0.3, 0.4) is 0 Å². The van der Waals surface area contributed by atoms with Crippen LogP contribution in [-0.2, 0) is 5.75 Å². The normalized spacial score (nSPS) is 9.80. The lowest BCUT2D eigenvalue weighted by Crippen LogP contribution is -1.78. The molecule has 0 atom stereocenters. The van der Waals surface area contributed by atoms with Crippen LogP contribution in [0.25, 0.3) is 0 Å². The molecule has 0 N–H and O–H groups in total. The van der Waals surface area contributed by atoms with E-state index in [0.717, 1.165) is 16.4 Å². The van der Waals surface area contributed by atoms with E-state index in [4.69, 9.17) is 9.68 Å². The van der Waals surface area contributed by atoms with Crippen LogP contribution in [0.5, 0.6) is 0 Å². The molecule has 1 aromatic carbocycles. The van der Waals surface area contributed by atoms with Crippen LogP contribution in [0, 0.1) is 11.3 Å². The highest BCUT2D eigenvalue weighted by atomic mass is 32.2. The Morgan fingerprint density at radius 3 is 2.93 bits per heavy atom. The van der Waals surface area contributed by atoms with Crippen LogP contribution in [0.4, 0.5) is 0 Å². The molecule has 2 aromatic rings. The zero-order valence-corrected chi connectivity index (χ0v) is 8.83. The number of hydrogen-bond donors (Lipinski definition) is 0. The van der Waals surface area contributed by atoms with Gasteiger partial charge >= 0.3 is 0 Å². The van der Waals surface area contributed by atoms with E-state index in [2.05, 4.69) is 6.07 Å². The fourth-order valence-corrected chi connectivity index (χ4v) is 2.06. The van der Waals surface area contributed by atoms with Crippen LogP contribution in [0.2, 0.25) is 0 Å². The van der Waals surface area contributed by atoms with E-state index >= 15 is 0 Å². The lowest BCUT2D eigenvalue weighted by molar-refractivity contribution is 0.530. The summed E-state index contributed by atoms with van der Waals surface area (Å²) in [5, 5.41) is 8.74. The first kappa shape index (κ1) is 9.88. The van der Waals surface area contributed by atoms with Crippen molar-refractivity contribution in [2.24, 2.45) is 0 Å². The Morgan fingerprint density at radius 2 is 2.20 bits per heavy atom. The second-order valence-corrected chi connectivity index (χ2v) is 4.06. The topological polar surface area (TPSA) is 36.9 Å². The number of rotatable bonds is 3. The summed E-state index contributed by atoms with van der Waals surface area (Å²) in [4.78, 5) is 1.09. The van der Waals surface area contributed by atoms with Gasteiger partial charge in [-0.25, -0.2) is 0 Å². The Bertz CT molecular complexity index is 471. The second kappa shape index (κ2) is 4.72. The lowest BCUT2D eigenvalue weighted by atomic mass is 10.2. The summed E-state index contributed by atoms with van der Waals surface area (Å²) in [6.07, 6.45) is 1.67. The molecule has 0 radical (unpaired) electrons. The summed E-state index contributed by atoms with van der Waals surface area (Å²) in [6.45, 7) is 0. The first-order valence-corrected chi connectivity index (χ1v) is 5.52. The van der Waals surface area contributed by atoms with Gasteiger partial charge in [0.25, 0.3) is 0 Å². The van der Waals surface area contributed by atoms with Gasteiger partial charge in [-0.3, -0.25) is 0 Å². The van der Waals surface area contributed by atoms with E-state index in [9.17, 15) is 0 Å². The molecule has 0 aliphatic rings. The molecule has 2 nitrogen and oxygen atoms in total. The van der Waals surface area contributed by atoms with Crippen molar-refractivity contribution in [3.63, 3.8) is 0 Å². The Morgan fingerprint density at radius 1 is 1.27 bits per heavy atom. The Labute approximate surface area is 92.5 Å². The second-order valence-electron chi connectivity index (χ2n) is 3.01. The van der Waals surface area contributed by atoms with E-state index in [1.54, 1.807) is 24.1 Å². The first-order chi connectivity index (χ1) is 7.38. The van der Waals surface area contributed by atoms with Gasteiger partial charge in [0.15, 0.2) is 0 Å². The molecule has 0 aliphatic heterocycles. The minimum atomic E-state index is 0.694. The fourth-order valence-electron chi connectivity index (χ4n) is 1.20. The molecule has 15 heavy (non-hydrogen) atoms. The summed E-state index contributed by atoms with van der Waals surface area (Å²) < 4.78 is 5.23. The molecule has 0 aliphatic carbocycles. The summed E-state index contributed by atoms with van der Waals surface area (Å²) in [5.41, 5.74) is 0.694. The quantitative estimate of drug-likeness (QED) is 0.736. The Hall–Kier alpha value is -1.66. The highest BCUT2D eigenvalue weighted by molar-refractivity contribution is 7.98. The molecule has 0 saturated carbocycles. The van der Waals surface area contributed by atoms with Crippen molar-refractivity contribution in [2.45, 2.75) is 10.6 Å². The van der Waals surface area contributed by atoms with Gasteiger partial charge in [0.2, 0.25) is 0 Å². The number of hydrogen-bond acceptors (Lipinski definition) is 3. The number of nitriles is 1. The van der Waals surface area contributed by atoms with Gasteiger partial charge < -0.3 is 4.42 Å². The number of thioether (sulfide) groups is 1. The third kappa shape index (κ3) is 2.64. The van der Waals surface area contributed by atoms with Crippen molar-refractivity contribution in [3.05, 3.63) is 54.0 Å². The molecule has 0 bridgehead atoms. The fraction of sp³-hybridized carbons (Fsp3) is 0.0833. The van der Waals surface area contributed by atoms with Gasteiger partial charge in [-0.1, -0.05) is 6.07 Å². The van der Waals surface area contributed by atoms with Gasteiger partial charge in [-0.2, -0.15) is 5.26 Å². The molecule has 0 saturated heterocycles. The molecular formula is C12H9NOS. The maximum atomic E-state index is 8.74. The molecule has 1 aromatic heterocycles. The van der Waals surface area contributed by atoms with Crippen LogP contribution in [0.15, 0.2) is 52.0 Å². The van der Waals surface area contributed by atoms with Crippen LogP contribution >= 0.6 is 11.8 Å². The van der Waals surface area contributed by atoms with Gasteiger partial charge in [0, 0.05) is 4.90 Å². The number of nitrogens with zero attached hydrogens (tertiary/aromatic N) is 1. The first-order valence-electron chi connectivity index (χ1n) is 4.54. The average Bonchev–Trinajstić information content (AvgIpc) is 2.79. The summed E-state index contributed by atoms with van der Waals surface area (Å²) in [5.74, 6) is 1.74. The maximum Gasteiger partial charge on any atom is 0.113 e. The molecular weight excluding hydrogens is 206 g/mol. The van der Waals surface area contributed by atoms with E-state index < -0.39 is 0 Å². The highest BCUT2D eigenvalue weighted by Gasteiger charge is 1.99. The van der Waals surface area contributed by atoms with E-state index in [1.807, 2.05) is 30.3 Å². The molecule has 3 heteroatoms. The molecule has 0 amide bonds. The summed E-state index contributed by atoms with van der Waals surface area (Å²) in [7, 11) is 0. The maximum absolute atomic E-state index is 8.74. The highest BCUT2D eigenvalue weighted by Crippen LogP contribution is 2.23. The zero-order chi connectivity index (χ0) is 10.5. The van der Waals surface area contributed by atoms with Crippen molar-refractivity contribution in [1.29, 1.82) is 5.26 Å². The Kier molecular flexibility index (Phi) is 3.11. The average molecular weight is 215 g/mol. The molecule has 74 valence electrons. The third-order valence-electron chi connectivity index (χ3n) is 1.92. The van der Waals surface area contributed by atoms with Crippen LogP contribution in [0.1, 0.15) is 11.3 Å². The van der Waals surface area contributed by atoms with Crippen molar-refractivity contribution in [1.82, 2.24) is 0 Å². The van der Waals surface area contributed by atoms with Crippen molar-refractivity contribution >= 4 is 11.8 Å². The molecule has 0 fully saturated rings. The molecule has 1 heterocycles. The van der Waals surface area contributed by atoms with Crippen molar-refractivity contribution < 1.29 is 4.42 Å². The number of benzene rings is 1. The Balaban J connectivity index is 2.02. The minimum absolute atomic E-state index is 0.694. The standard InChI is InChI=1S/C12H9NOS/c13-8-10-3-1-5-12(7-10)15-9-11-4-2-6-14-11/h1-7H,9H2. The SMILES string of the molecule is N#Cc1cccc(SCc2ccco2)c1. The van der Waals surface area contributed by atoms with Gasteiger partial charge in [0.05, 0.1) is 23.6 Å². The monoisotopic (exact) mass is 215 g/mol. The number of furan rings is 1. The minimum Gasteiger partial charge on any atom is -0.468 e. The van der Waals surface area contributed by atoms with Gasteiger partial charge in [0.1, 0.15) is 5.76 Å². The smallest absolute Gasteiger partial charge is 0.113 e. The van der Waals surface area contributed by atoms with Crippen LogP contribution in [-0.4, -0.2) is 0 Å². The van der Waals surface area contributed by atoms with E-state index in [1.165, 1.54) is 0 Å². The van der Waals surface area contributed by atoms with Crippen molar-refractivity contribution in [3.8, 4) is 6.07 Å². The van der Waals surface area contributed by atoms with Gasteiger partial charge in [-0.15, -0.1) is 11.8 Å². The summed E-state index contributed by atoms with van der Waals surface area (Å²) >= 11 is 1.66. The predicted octanol–water partition coefficient (Wildman–Crippen LogP) is 3.44. The lowest BCUT2D eigenvalue weighted by Gasteiger charge is -1.99. The molecule has 0 unspecified atom stereocenters. The van der Waals surface area contributed by atoms with Crippen molar-refractivity contribution in [2.75, 3.05) is 0 Å². The van der Waals surface area contributed by atoms with Gasteiger partial charge in [-0.05, 0) is 30.3 Å². The molecule has 2 rings (SSSR count). The largest absolute Gasteiger partial charge is 0.468 e.